The third-order valence-electron chi connectivity index (χ3n) is 2.52. The summed E-state index contributed by atoms with van der Waals surface area (Å²) < 4.78 is 27.1. The molecule has 0 spiro atoms. The zero-order chi connectivity index (χ0) is 12.5. The number of benzene rings is 1. The van der Waals surface area contributed by atoms with Gasteiger partial charge in [-0.1, -0.05) is 34.8 Å². The van der Waals surface area contributed by atoms with Gasteiger partial charge in [-0.05, 0) is 6.92 Å². The van der Waals surface area contributed by atoms with E-state index in [9.17, 15) is 13.7 Å². The van der Waals surface area contributed by atoms with Crippen LogP contribution >= 0.6 is 0 Å². The number of rotatable bonds is 3. The number of halogens is 2. The Bertz CT molecular complexity index is 447. The van der Waals surface area contributed by atoms with E-state index in [4.69, 9.17) is 0 Å². The molecule has 1 heterocycles. The molecule has 0 amide bonds. The third kappa shape index (κ3) is 2.11. The van der Waals surface area contributed by atoms with Gasteiger partial charge in [0.05, 0.1) is 0 Å². The Kier molecular flexibility index (Phi) is 2.79. The molecule has 2 rings (SSSR count). The van der Waals surface area contributed by atoms with Crippen molar-refractivity contribution >= 4 is 12.1 Å². The Balaban J connectivity index is 2.21. The maximum absolute atomic E-state index is 14.3. The molecule has 1 aromatic rings. The van der Waals surface area contributed by atoms with Crippen molar-refractivity contribution in [3.63, 3.8) is 0 Å². The normalized spacial score (nSPS) is 18.3. The standard InChI is InChI=1S/C11H11F2N3O/c1-11(12,16-8-15(13)7-14-16)10(17)9-5-3-2-4-6-9/h2-7H,8H2,1H3. The van der Waals surface area contributed by atoms with Crippen molar-refractivity contribution < 1.29 is 13.7 Å². The number of Topliss-reactive ketones (excluding diaryl/α,β-unsaturated/α-hetero) is 1. The molecule has 0 aromatic heterocycles. The first kappa shape index (κ1) is 11.5. The van der Waals surface area contributed by atoms with Crippen molar-refractivity contribution in [3.8, 4) is 0 Å². The minimum Gasteiger partial charge on any atom is -0.288 e. The van der Waals surface area contributed by atoms with Gasteiger partial charge in [-0.3, -0.25) is 4.79 Å². The largest absolute Gasteiger partial charge is 0.288 e. The summed E-state index contributed by atoms with van der Waals surface area (Å²) in [5.41, 5.74) is 0.227. The van der Waals surface area contributed by atoms with Gasteiger partial charge >= 0.3 is 0 Å². The molecule has 0 N–H and O–H groups in total. The van der Waals surface area contributed by atoms with Crippen LogP contribution in [0, 0.1) is 0 Å². The summed E-state index contributed by atoms with van der Waals surface area (Å²) >= 11 is 0. The smallest absolute Gasteiger partial charge is 0.259 e. The van der Waals surface area contributed by atoms with Crippen molar-refractivity contribution in [1.29, 1.82) is 0 Å². The highest BCUT2D eigenvalue weighted by Gasteiger charge is 2.42. The van der Waals surface area contributed by atoms with Crippen LogP contribution in [0.2, 0.25) is 0 Å². The number of hydrogen-bond donors (Lipinski definition) is 0. The summed E-state index contributed by atoms with van der Waals surface area (Å²) in [6, 6.07) is 8.01. The van der Waals surface area contributed by atoms with E-state index < -0.39 is 18.2 Å². The van der Waals surface area contributed by atoms with Crippen LogP contribution in [-0.4, -0.2) is 34.7 Å². The average Bonchev–Trinajstić information content (AvgIpc) is 2.77. The second-order valence-corrected chi connectivity index (χ2v) is 3.82. The van der Waals surface area contributed by atoms with E-state index >= 15 is 0 Å². The fraction of sp³-hybridized carbons (Fsp3) is 0.273. The first-order chi connectivity index (χ1) is 8.01. The predicted octanol–water partition coefficient (Wildman–Crippen LogP) is 1.96. The van der Waals surface area contributed by atoms with E-state index in [0.717, 1.165) is 18.3 Å². The lowest BCUT2D eigenvalue weighted by Gasteiger charge is -2.27. The summed E-state index contributed by atoms with van der Waals surface area (Å²) in [6.07, 6.45) is 0.829. The van der Waals surface area contributed by atoms with Crippen molar-refractivity contribution in [1.82, 2.24) is 10.1 Å². The molecule has 1 aliphatic rings. The van der Waals surface area contributed by atoms with Gasteiger partial charge < -0.3 is 0 Å². The van der Waals surface area contributed by atoms with Crippen LogP contribution < -0.4 is 0 Å². The summed E-state index contributed by atoms with van der Waals surface area (Å²) in [7, 11) is 0. The van der Waals surface area contributed by atoms with Crippen LogP contribution in [0.15, 0.2) is 35.4 Å². The minimum absolute atomic E-state index is 0.204. The summed E-state index contributed by atoms with van der Waals surface area (Å²) in [5, 5.41) is 4.47. The third-order valence-corrected chi connectivity index (χ3v) is 2.52. The van der Waals surface area contributed by atoms with Crippen molar-refractivity contribution in [2.24, 2.45) is 5.10 Å². The zero-order valence-corrected chi connectivity index (χ0v) is 9.18. The molecule has 4 nitrogen and oxygen atoms in total. The molecule has 1 unspecified atom stereocenters. The monoisotopic (exact) mass is 239 g/mol. The Morgan fingerprint density at radius 1 is 1.41 bits per heavy atom. The lowest BCUT2D eigenvalue weighted by molar-refractivity contribution is -0.0329. The van der Waals surface area contributed by atoms with Gasteiger partial charge in [0.15, 0.2) is 0 Å². The number of hydrazone groups is 1. The number of alkyl halides is 1. The first-order valence-electron chi connectivity index (χ1n) is 5.05. The molecule has 0 bridgehead atoms. The predicted molar refractivity (Wildman–Crippen MR) is 58.4 cm³/mol. The highest BCUT2D eigenvalue weighted by molar-refractivity contribution is 6.01. The lowest BCUT2D eigenvalue weighted by Crippen LogP contribution is -2.46. The fourth-order valence-electron chi connectivity index (χ4n) is 1.53. The molecule has 0 saturated carbocycles. The second kappa shape index (κ2) is 4.12. The molecule has 0 aliphatic carbocycles. The molecule has 1 aliphatic heterocycles. The maximum Gasteiger partial charge on any atom is 0.259 e. The van der Waals surface area contributed by atoms with Gasteiger partial charge in [-0.15, -0.1) is 0 Å². The molecule has 0 saturated heterocycles. The minimum atomic E-state index is -2.36. The summed E-state index contributed by atoms with van der Waals surface area (Å²) in [4.78, 5) is 11.9. The van der Waals surface area contributed by atoms with Gasteiger partial charge in [0, 0.05) is 5.56 Å². The van der Waals surface area contributed by atoms with Crippen LogP contribution in [0.4, 0.5) is 8.87 Å². The number of nitrogens with zero attached hydrogens (tertiary/aromatic N) is 3. The quantitative estimate of drug-likeness (QED) is 0.459. The van der Waals surface area contributed by atoms with Gasteiger partial charge in [0.2, 0.25) is 5.78 Å². The maximum atomic E-state index is 14.3. The van der Waals surface area contributed by atoms with Gasteiger partial charge in [-0.2, -0.15) is 10.2 Å². The Morgan fingerprint density at radius 2 is 2.06 bits per heavy atom. The fourth-order valence-corrected chi connectivity index (χ4v) is 1.53. The van der Waals surface area contributed by atoms with Crippen LogP contribution in [0.3, 0.4) is 0 Å². The molecule has 0 fully saturated rings. The van der Waals surface area contributed by atoms with E-state index in [1.807, 2.05) is 0 Å². The van der Waals surface area contributed by atoms with E-state index in [0.29, 0.717) is 0 Å². The van der Waals surface area contributed by atoms with E-state index in [1.165, 1.54) is 12.1 Å². The van der Waals surface area contributed by atoms with Crippen molar-refractivity contribution in [2.75, 3.05) is 6.67 Å². The van der Waals surface area contributed by atoms with Crippen LogP contribution in [0.25, 0.3) is 0 Å². The zero-order valence-electron chi connectivity index (χ0n) is 9.18. The molecule has 1 atom stereocenters. The number of ketones is 1. The molecule has 0 radical (unpaired) electrons. The highest BCUT2D eigenvalue weighted by atomic mass is 19.2. The molecular weight excluding hydrogens is 228 g/mol. The summed E-state index contributed by atoms with van der Waals surface area (Å²) in [5.74, 6) is -3.11. The second-order valence-electron chi connectivity index (χ2n) is 3.82. The lowest BCUT2D eigenvalue weighted by atomic mass is 10.0. The summed E-state index contributed by atoms with van der Waals surface area (Å²) in [6.45, 7) is 0.671. The molecule has 90 valence electrons. The Morgan fingerprint density at radius 3 is 2.59 bits per heavy atom. The van der Waals surface area contributed by atoms with Crippen LogP contribution in [0.1, 0.15) is 17.3 Å². The molecule has 1 aromatic carbocycles. The topological polar surface area (TPSA) is 35.9 Å². The van der Waals surface area contributed by atoms with Crippen molar-refractivity contribution in [3.05, 3.63) is 35.9 Å². The number of carbonyl (C=O) groups excluding carboxylic acids is 1. The Labute approximate surface area is 97.1 Å². The van der Waals surface area contributed by atoms with Crippen molar-refractivity contribution in [2.45, 2.75) is 12.7 Å². The van der Waals surface area contributed by atoms with Gasteiger partial charge in [0.25, 0.3) is 5.79 Å². The number of hydrogen-bond acceptors (Lipinski definition) is 4. The molecular formula is C11H11F2N3O. The van der Waals surface area contributed by atoms with Gasteiger partial charge in [-0.25, -0.2) is 9.40 Å². The molecule has 6 heteroatoms. The Hall–Kier alpha value is -1.98. The van der Waals surface area contributed by atoms with E-state index in [1.54, 1.807) is 18.2 Å². The number of carbonyl (C=O) groups is 1. The molecule has 17 heavy (non-hydrogen) atoms. The first-order valence-corrected chi connectivity index (χ1v) is 5.05. The van der Waals surface area contributed by atoms with Crippen LogP contribution in [-0.2, 0) is 0 Å². The van der Waals surface area contributed by atoms with E-state index in [-0.39, 0.29) is 10.7 Å². The van der Waals surface area contributed by atoms with Gasteiger partial charge in [0.1, 0.15) is 13.0 Å². The highest BCUT2D eigenvalue weighted by Crippen LogP contribution is 2.25. The SMILES string of the molecule is CC(F)(C(=O)c1ccccc1)N1CN(F)C=N1. The van der Waals surface area contributed by atoms with E-state index in [2.05, 4.69) is 5.10 Å². The average molecular weight is 239 g/mol. The van der Waals surface area contributed by atoms with Crippen LogP contribution in [0.5, 0.6) is 0 Å².